The first-order valence-corrected chi connectivity index (χ1v) is 5.00. The van der Waals surface area contributed by atoms with Crippen molar-refractivity contribution in [3.05, 3.63) is 11.9 Å². The molecule has 4 heteroatoms. The van der Waals surface area contributed by atoms with Crippen LogP contribution in [0.1, 0.15) is 19.0 Å². The first-order valence-electron chi connectivity index (χ1n) is 5.00. The van der Waals surface area contributed by atoms with E-state index in [2.05, 4.69) is 16.9 Å². The minimum atomic E-state index is 0.330. The van der Waals surface area contributed by atoms with E-state index in [0.29, 0.717) is 18.7 Å². The summed E-state index contributed by atoms with van der Waals surface area (Å²) in [4.78, 5) is 13.3. The van der Waals surface area contributed by atoms with Crippen molar-refractivity contribution in [2.45, 2.75) is 19.8 Å². The van der Waals surface area contributed by atoms with E-state index in [1.54, 1.807) is 0 Å². The van der Waals surface area contributed by atoms with Gasteiger partial charge in [0.2, 0.25) is 0 Å². The molecule has 0 amide bonds. The number of aryl methyl sites for hydroxylation is 2. The normalized spacial score (nSPS) is 16.7. The zero-order valence-corrected chi connectivity index (χ0v) is 8.66. The summed E-state index contributed by atoms with van der Waals surface area (Å²) in [6, 6.07) is 0. The third kappa shape index (κ3) is 1.52. The van der Waals surface area contributed by atoms with Crippen LogP contribution >= 0.6 is 0 Å². The fourth-order valence-electron chi connectivity index (χ4n) is 1.87. The first-order chi connectivity index (χ1) is 6.70. The molecule has 0 spiro atoms. The monoisotopic (exact) mass is 193 g/mol. The molecule has 1 aromatic rings. The van der Waals surface area contributed by atoms with Crippen molar-refractivity contribution in [3.8, 4) is 0 Å². The van der Waals surface area contributed by atoms with Gasteiger partial charge < -0.3 is 4.90 Å². The maximum absolute atomic E-state index is 11.2. The molecule has 2 rings (SSSR count). The second-order valence-corrected chi connectivity index (χ2v) is 3.70. The molecule has 1 aromatic heterocycles. The smallest absolute Gasteiger partial charge is 0.153 e. The zero-order valence-electron chi connectivity index (χ0n) is 8.66. The van der Waals surface area contributed by atoms with Gasteiger partial charge in [-0.1, -0.05) is 6.92 Å². The highest BCUT2D eigenvalue weighted by molar-refractivity contribution is 5.87. The van der Waals surface area contributed by atoms with Gasteiger partial charge in [0, 0.05) is 26.2 Å². The molecule has 1 saturated heterocycles. The number of aromatic nitrogens is 2. The molecule has 76 valence electrons. The van der Waals surface area contributed by atoms with Gasteiger partial charge in [-0.3, -0.25) is 9.48 Å². The predicted octanol–water partition coefficient (Wildman–Crippen LogP) is 0.762. The van der Waals surface area contributed by atoms with Crippen LogP contribution < -0.4 is 4.90 Å². The Morgan fingerprint density at radius 1 is 1.57 bits per heavy atom. The quantitative estimate of drug-likeness (QED) is 0.696. The van der Waals surface area contributed by atoms with Gasteiger partial charge in [0.05, 0.1) is 17.9 Å². The van der Waals surface area contributed by atoms with Crippen LogP contribution in [0.2, 0.25) is 0 Å². The predicted molar refractivity (Wildman–Crippen MR) is 54.4 cm³/mol. The molecule has 4 nitrogen and oxygen atoms in total. The van der Waals surface area contributed by atoms with Gasteiger partial charge in [0.15, 0.2) is 5.78 Å². The molecule has 0 aromatic carbocycles. The minimum absolute atomic E-state index is 0.330. The van der Waals surface area contributed by atoms with E-state index >= 15 is 0 Å². The molecule has 0 saturated carbocycles. The average molecular weight is 193 g/mol. The van der Waals surface area contributed by atoms with Crippen LogP contribution in [0.5, 0.6) is 0 Å². The lowest BCUT2D eigenvalue weighted by Crippen LogP contribution is -2.20. The van der Waals surface area contributed by atoms with E-state index in [4.69, 9.17) is 0 Å². The summed E-state index contributed by atoms with van der Waals surface area (Å²) in [5, 5.41) is 4.36. The summed E-state index contributed by atoms with van der Waals surface area (Å²) < 4.78 is 1.82. The molecular formula is C10H15N3O. The fraction of sp³-hybridized carbons (Fsp3) is 0.600. The molecule has 0 radical (unpaired) electrons. The largest absolute Gasteiger partial charge is 0.361 e. The SMILES string of the molecule is CCc1nn(C)cc1N1CCC(=O)C1. The van der Waals surface area contributed by atoms with Crippen LogP contribution in [-0.2, 0) is 18.3 Å². The molecule has 0 aliphatic carbocycles. The summed E-state index contributed by atoms with van der Waals surface area (Å²) in [6.45, 7) is 3.49. The highest BCUT2D eigenvalue weighted by Crippen LogP contribution is 2.22. The van der Waals surface area contributed by atoms with Crippen LogP contribution in [0.15, 0.2) is 6.20 Å². The summed E-state index contributed by atoms with van der Waals surface area (Å²) in [5.74, 6) is 0.330. The number of carbonyl (C=O) groups is 1. The second-order valence-electron chi connectivity index (χ2n) is 3.70. The maximum atomic E-state index is 11.2. The highest BCUT2D eigenvalue weighted by Gasteiger charge is 2.22. The van der Waals surface area contributed by atoms with E-state index in [9.17, 15) is 4.79 Å². The van der Waals surface area contributed by atoms with E-state index in [1.165, 1.54) is 0 Å². The van der Waals surface area contributed by atoms with Gasteiger partial charge in [-0.05, 0) is 6.42 Å². The number of hydrogen-bond donors (Lipinski definition) is 0. The van der Waals surface area contributed by atoms with Gasteiger partial charge in [-0.15, -0.1) is 0 Å². The number of ketones is 1. The molecule has 0 N–H and O–H groups in total. The van der Waals surface area contributed by atoms with Crippen molar-refractivity contribution in [2.24, 2.45) is 7.05 Å². The Bertz CT molecular complexity index is 356. The molecule has 14 heavy (non-hydrogen) atoms. The average Bonchev–Trinajstić information content (AvgIpc) is 2.71. The Hall–Kier alpha value is -1.32. The van der Waals surface area contributed by atoms with E-state index in [-0.39, 0.29) is 0 Å². The van der Waals surface area contributed by atoms with E-state index in [0.717, 1.165) is 24.3 Å². The number of anilines is 1. The van der Waals surface area contributed by atoms with Gasteiger partial charge in [-0.25, -0.2) is 0 Å². The lowest BCUT2D eigenvalue weighted by Gasteiger charge is -2.15. The number of Topliss-reactive ketones (excluding diaryl/α,β-unsaturated/α-hetero) is 1. The second kappa shape index (κ2) is 3.44. The lowest BCUT2D eigenvalue weighted by atomic mass is 10.3. The maximum Gasteiger partial charge on any atom is 0.153 e. The molecule has 0 bridgehead atoms. The van der Waals surface area contributed by atoms with Crippen LogP contribution in [0.3, 0.4) is 0 Å². The summed E-state index contributed by atoms with van der Waals surface area (Å²) in [6.07, 6.45) is 3.59. The Kier molecular flexibility index (Phi) is 2.27. The third-order valence-electron chi connectivity index (χ3n) is 2.59. The number of rotatable bonds is 2. The van der Waals surface area contributed by atoms with Crippen molar-refractivity contribution in [2.75, 3.05) is 18.0 Å². The van der Waals surface area contributed by atoms with E-state index < -0.39 is 0 Å². The van der Waals surface area contributed by atoms with Crippen LogP contribution in [0.4, 0.5) is 5.69 Å². The van der Waals surface area contributed by atoms with E-state index in [1.807, 2.05) is 17.9 Å². The Morgan fingerprint density at radius 2 is 2.36 bits per heavy atom. The molecule has 0 atom stereocenters. The van der Waals surface area contributed by atoms with Gasteiger partial charge in [0.1, 0.15) is 0 Å². The van der Waals surface area contributed by atoms with Gasteiger partial charge in [-0.2, -0.15) is 5.10 Å². The van der Waals surface area contributed by atoms with Gasteiger partial charge in [0.25, 0.3) is 0 Å². The number of nitrogens with zero attached hydrogens (tertiary/aromatic N) is 3. The van der Waals surface area contributed by atoms with Crippen molar-refractivity contribution in [1.29, 1.82) is 0 Å². The fourth-order valence-corrected chi connectivity index (χ4v) is 1.87. The van der Waals surface area contributed by atoms with Crippen molar-refractivity contribution >= 4 is 11.5 Å². The topological polar surface area (TPSA) is 38.1 Å². The Balaban J connectivity index is 2.26. The molecule has 2 heterocycles. The van der Waals surface area contributed by atoms with Crippen LogP contribution in [0, 0.1) is 0 Å². The standard InChI is InChI=1S/C10H15N3O/c1-3-9-10(7-12(2)11-9)13-5-4-8(14)6-13/h7H,3-6H2,1-2H3. The minimum Gasteiger partial charge on any atom is -0.361 e. The lowest BCUT2D eigenvalue weighted by molar-refractivity contribution is -0.116. The van der Waals surface area contributed by atoms with Crippen LogP contribution in [0.25, 0.3) is 0 Å². The third-order valence-corrected chi connectivity index (χ3v) is 2.59. The molecule has 0 unspecified atom stereocenters. The Labute approximate surface area is 83.5 Å². The van der Waals surface area contributed by atoms with Crippen molar-refractivity contribution in [1.82, 2.24) is 9.78 Å². The molecule has 1 aliphatic rings. The number of hydrogen-bond acceptors (Lipinski definition) is 3. The summed E-state index contributed by atoms with van der Waals surface area (Å²) in [7, 11) is 1.92. The van der Waals surface area contributed by atoms with Crippen molar-refractivity contribution < 1.29 is 4.79 Å². The highest BCUT2D eigenvalue weighted by atomic mass is 16.1. The Morgan fingerprint density at radius 3 is 2.93 bits per heavy atom. The molecular weight excluding hydrogens is 178 g/mol. The first kappa shape index (κ1) is 9.24. The number of carbonyl (C=O) groups excluding carboxylic acids is 1. The zero-order chi connectivity index (χ0) is 10.1. The summed E-state index contributed by atoms with van der Waals surface area (Å²) in [5.41, 5.74) is 2.21. The summed E-state index contributed by atoms with van der Waals surface area (Å²) >= 11 is 0. The van der Waals surface area contributed by atoms with Gasteiger partial charge >= 0.3 is 0 Å². The molecule has 1 fully saturated rings. The van der Waals surface area contributed by atoms with Crippen molar-refractivity contribution in [3.63, 3.8) is 0 Å². The van der Waals surface area contributed by atoms with Crippen LogP contribution in [-0.4, -0.2) is 28.7 Å². The molecule has 1 aliphatic heterocycles.